The minimum atomic E-state index is -0.190. The van der Waals surface area contributed by atoms with Crippen molar-refractivity contribution in [2.24, 2.45) is 0 Å². The number of hydrogen-bond donors (Lipinski definition) is 1. The number of hydrogen-bond acceptors (Lipinski definition) is 3. The van der Waals surface area contributed by atoms with Crippen LogP contribution in [0, 0.1) is 0 Å². The first-order valence-electron chi connectivity index (χ1n) is 7.35. The first kappa shape index (κ1) is 14.6. The van der Waals surface area contributed by atoms with Gasteiger partial charge < -0.3 is 14.8 Å². The maximum Gasteiger partial charge on any atom is 0.224 e. The monoisotopic (exact) mass is 297 g/mol. The van der Waals surface area contributed by atoms with E-state index in [-0.39, 0.29) is 18.1 Å². The molecule has 4 nitrogen and oxygen atoms in total. The molecule has 0 saturated carbocycles. The number of amides is 1. The zero-order valence-electron chi connectivity index (χ0n) is 12.5. The van der Waals surface area contributed by atoms with Crippen LogP contribution in [0.5, 0.6) is 5.75 Å². The summed E-state index contributed by atoms with van der Waals surface area (Å²) in [6.45, 7) is 0.413. The quantitative estimate of drug-likeness (QED) is 0.943. The van der Waals surface area contributed by atoms with E-state index in [1.54, 1.807) is 7.11 Å². The molecule has 0 spiro atoms. The van der Waals surface area contributed by atoms with Crippen LogP contribution in [-0.4, -0.2) is 25.7 Å². The molecule has 0 aromatic heterocycles. The molecule has 0 bridgehead atoms. The Morgan fingerprint density at radius 3 is 2.68 bits per heavy atom. The smallest absolute Gasteiger partial charge is 0.224 e. The molecule has 2 aromatic carbocycles. The topological polar surface area (TPSA) is 47.6 Å². The number of fused-ring (bicyclic) bond motifs is 1. The van der Waals surface area contributed by atoms with Crippen LogP contribution in [0.3, 0.4) is 0 Å². The molecule has 0 fully saturated rings. The van der Waals surface area contributed by atoms with Gasteiger partial charge in [-0.2, -0.15) is 0 Å². The fourth-order valence-corrected chi connectivity index (χ4v) is 2.78. The molecular formula is C18H19NO3. The van der Waals surface area contributed by atoms with Crippen molar-refractivity contribution in [1.29, 1.82) is 0 Å². The fourth-order valence-electron chi connectivity index (χ4n) is 2.78. The standard InChI is InChI=1S/C18H19NO3/c1-21-18-14-9-5-6-10-16(14)22-12-15(18)19-17(20)11-13-7-3-2-4-8-13/h2-10,15,18H,11-12H2,1H3,(H,19,20). The second kappa shape index (κ2) is 6.62. The molecule has 3 rings (SSSR count). The summed E-state index contributed by atoms with van der Waals surface area (Å²) in [5, 5.41) is 3.02. The van der Waals surface area contributed by atoms with Crippen LogP contribution in [0.2, 0.25) is 0 Å². The highest BCUT2D eigenvalue weighted by molar-refractivity contribution is 5.79. The van der Waals surface area contributed by atoms with Crippen molar-refractivity contribution < 1.29 is 14.3 Å². The van der Waals surface area contributed by atoms with Gasteiger partial charge in [-0.25, -0.2) is 0 Å². The molecule has 2 atom stereocenters. The van der Waals surface area contributed by atoms with Crippen LogP contribution >= 0.6 is 0 Å². The average Bonchev–Trinajstić information content (AvgIpc) is 2.55. The number of nitrogens with one attached hydrogen (secondary N) is 1. The Labute approximate surface area is 130 Å². The molecule has 22 heavy (non-hydrogen) atoms. The van der Waals surface area contributed by atoms with E-state index in [2.05, 4.69) is 5.32 Å². The molecule has 0 radical (unpaired) electrons. The van der Waals surface area contributed by atoms with Gasteiger partial charge in [-0.15, -0.1) is 0 Å². The number of methoxy groups -OCH3 is 1. The molecule has 1 heterocycles. The zero-order valence-corrected chi connectivity index (χ0v) is 12.5. The van der Waals surface area contributed by atoms with Crippen molar-refractivity contribution in [3.05, 3.63) is 65.7 Å². The van der Waals surface area contributed by atoms with Crippen molar-refractivity contribution in [2.75, 3.05) is 13.7 Å². The molecule has 1 amide bonds. The molecule has 4 heteroatoms. The molecule has 114 valence electrons. The number of carbonyl (C=O) groups excluding carboxylic acids is 1. The summed E-state index contributed by atoms with van der Waals surface area (Å²) in [5.41, 5.74) is 1.97. The first-order valence-corrected chi connectivity index (χ1v) is 7.35. The van der Waals surface area contributed by atoms with E-state index in [1.807, 2.05) is 54.6 Å². The normalized spacial score (nSPS) is 19.9. The van der Waals surface area contributed by atoms with Gasteiger partial charge in [0.05, 0.1) is 12.5 Å². The van der Waals surface area contributed by atoms with Crippen molar-refractivity contribution in [2.45, 2.75) is 18.6 Å². The Kier molecular flexibility index (Phi) is 4.39. The second-order valence-corrected chi connectivity index (χ2v) is 5.34. The summed E-state index contributed by atoms with van der Waals surface area (Å²) in [4.78, 5) is 12.2. The maximum absolute atomic E-state index is 12.2. The van der Waals surface area contributed by atoms with Crippen LogP contribution in [-0.2, 0) is 16.0 Å². The van der Waals surface area contributed by atoms with Crippen LogP contribution in [0.1, 0.15) is 17.2 Å². The Morgan fingerprint density at radius 2 is 1.91 bits per heavy atom. The molecule has 0 aliphatic carbocycles. The van der Waals surface area contributed by atoms with Gasteiger partial charge in [-0.05, 0) is 11.6 Å². The Bertz CT molecular complexity index is 642. The van der Waals surface area contributed by atoms with Gasteiger partial charge in [0.25, 0.3) is 0 Å². The molecule has 1 aliphatic rings. The molecule has 2 unspecified atom stereocenters. The highest BCUT2D eigenvalue weighted by Gasteiger charge is 2.31. The van der Waals surface area contributed by atoms with Crippen LogP contribution < -0.4 is 10.1 Å². The van der Waals surface area contributed by atoms with Crippen molar-refractivity contribution in [3.63, 3.8) is 0 Å². The number of para-hydroxylation sites is 1. The Hall–Kier alpha value is -2.33. The lowest BCUT2D eigenvalue weighted by Gasteiger charge is -2.33. The predicted molar refractivity (Wildman–Crippen MR) is 83.8 cm³/mol. The van der Waals surface area contributed by atoms with E-state index < -0.39 is 0 Å². The van der Waals surface area contributed by atoms with Crippen LogP contribution in [0.4, 0.5) is 0 Å². The minimum absolute atomic E-state index is 0.0266. The van der Waals surface area contributed by atoms with Gasteiger partial charge >= 0.3 is 0 Å². The van der Waals surface area contributed by atoms with Gasteiger partial charge in [-0.3, -0.25) is 4.79 Å². The van der Waals surface area contributed by atoms with Gasteiger partial charge in [0.2, 0.25) is 5.91 Å². The molecule has 0 saturated heterocycles. The van der Waals surface area contributed by atoms with Gasteiger partial charge in [0.15, 0.2) is 0 Å². The molecule has 2 aromatic rings. The fraction of sp³-hybridized carbons (Fsp3) is 0.278. The minimum Gasteiger partial charge on any atom is -0.491 e. The lowest BCUT2D eigenvalue weighted by atomic mass is 9.98. The third-order valence-electron chi connectivity index (χ3n) is 3.82. The highest BCUT2D eigenvalue weighted by atomic mass is 16.5. The van der Waals surface area contributed by atoms with E-state index in [0.717, 1.165) is 16.9 Å². The van der Waals surface area contributed by atoms with Crippen molar-refractivity contribution in [1.82, 2.24) is 5.32 Å². The van der Waals surface area contributed by atoms with Crippen LogP contribution in [0.25, 0.3) is 0 Å². The number of carbonyl (C=O) groups is 1. The molecular weight excluding hydrogens is 278 g/mol. The lowest BCUT2D eigenvalue weighted by Crippen LogP contribution is -2.46. The second-order valence-electron chi connectivity index (χ2n) is 5.34. The van der Waals surface area contributed by atoms with Crippen molar-refractivity contribution in [3.8, 4) is 5.75 Å². The van der Waals surface area contributed by atoms with E-state index in [0.29, 0.717) is 13.0 Å². The van der Waals surface area contributed by atoms with Gasteiger partial charge in [0.1, 0.15) is 18.5 Å². The summed E-state index contributed by atoms with van der Waals surface area (Å²) in [5.74, 6) is 0.795. The SMILES string of the molecule is COC1c2ccccc2OCC1NC(=O)Cc1ccccc1. The third kappa shape index (κ3) is 3.12. The van der Waals surface area contributed by atoms with E-state index >= 15 is 0 Å². The molecule has 1 N–H and O–H groups in total. The average molecular weight is 297 g/mol. The summed E-state index contributed by atoms with van der Waals surface area (Å²) >= 11 is 0. The summed E-state index contributed by atoms with van der Waals surface area (Å²) in [7, 11) is 1.66. The largest absolute Gasteiger partial charge is 0.491 e. The molecule has 1 aliphatic heterocycles. The Morgan fingerprint density at radius 1 is 1.18 bits per heavy atom. The summed E-state index contributed by atoms with van der Waals surface area (Å²) < 4.78 is 11.3. The lowest BCUT2D eigenvalue weighted by molar-refractivity contribution is -0.123. The number of ether oxygens (including phenoxy) is 2. The van der Waals surface area contributed by atoms with E-state index in [4.69, 9.17) is 9.47 Å². The van der Waals surface area contributed by atoms with Gasteiger partial charge in [0, 0.05) is 12.7 Å². The van der Waals surface area contributed by atoms with Crippen molar-refractivity contribution >= 4 is 5.91 Å². The Balaban J connectivity index is 1.69. The van der Waals surface area contributed by atoms with Gasteiger partial charge in [-0.1, -0.05) is 48.5 Å². The summed E-state index contributed by atoms with van der Waals surface area (Å²) in [6, 6.07) is 17.3. The van der Waals surface area contributed by atoms with Crippen LogP contribution in [0.15, 0.2) is 54.6 Å². The predicted octanol–water partition coefficient (Wildman–Crippen LogP) is 2.49. The zero-order chi connectivity index (χ0) is 15.4. The van der Waals surface area contributed by atoms with E-state index in [9.17, 15) is 4.79 Å². The number of rotatable bonds is 4. The third-order valence-corrected chi connectivity index (χ3v) is 3.82. The highest BCUT2D eigenvalue weighted by Crippen LogP contribution is 2.33. The number of benzene rings is 2. The first-order chi connectivity index (χ1) is 10.8. The summed E-state index contributed by atoms with van der Waals surface area (Å²) in [6.07, 6.45) is 0.166. The van der Waals surface area contributed by atoms with E-state index in [1.165, 1.54) is 0 Å². The maximum atomic E-state index is 12.2.